The molecule has 0 aliphatic carbocycles. The van der Waals surface area contributed by atoms with Crippen LogP contribution in [0.5, 0.6) is 0 Å². The Labute approximate surface area is 107 Å². The van der Waals surface area contributed by atoms with Crippen molar-refractivity contribution in [1.29, 1.82) is 0 Å². The van der Waals surface area contributed by atoms with Gasteiger partial charge in [-0.15, -0.1) is 0 Å². The van der Waals surface area contributed by atoms with Gasteiger partial charge in [0.15, 0.2) is 9.84 Å². The van der Waals surface area contributed by atoms with E-state index < -0.39 is 15.1 Å². The van der Waals surface area contributed by atoms with E-state index in [-0.39, 0.29) is 0 Å². The molecular formula is C13H16N2O2S. The Kier molecular flexibility index (Phi) is 2.66. The number of sulfone groups is 1. The zero-order chi connectivity index (χ0) is 12.8. The minimum atomic E-state index is -3.03. The van der Waals surface area contributed by atoms with Crippen LogP contribution in [0.1, 0.15) is 35.9 Å². The van der Waals surface area contributed by atoms with Crippen LogP contribution in [-0.4, -0.2) is 23.6 Å². The van der Waals surface area contributed by atoms with Crippen LogP contribution in [-0.2, 0) is 9.84 Å². The average molecular weight is 264 g/mol. The van der Waals surface area contributed by atoms with Crippen molar-refractivity contribution in [3.8, 4) is 0 Å². The van der Waals surface area contributed by atoms with Gasteiger partial charge in [0.05, 0.1) is 17.5 Å². The molecule has 4 nitrogen and oxygen atoms in total. The first-order valence-corrected chi connectivity index (χ1v) is 7.95. The molecule has 18 heavy (non-hydrogen) atoms. The molecule has 1 unspecified atom stereocenters. The first-order chi connectivity index (χ1) is 8.58. The van der Waals surface area contributed by atoms with Crippen molar-refractivity contribution in [1.82, 2.24) is 9.38 Å². The molecule has 96 valence electrons. The average Bonchev–Trinajstić information content (AvgIpc) is 2.71. The van der Waals surface area contributed by atoms with Gasteiger partial charge in [-0.3, -0.25) is 0 Å². The zero-order valence-electron chi connectivity index (χ0n) is 10.3. The summed E-state index contributed by atoms with van der Waals surface area (Å²) in [5.74, 6) is 0.961. The minimum Gasteiger partial charge on any atom is -0.303 e. The van der Waals surface area contributed by atoms with E-state index >= 15 is 0 Å². The number of rotatable bonds is 1. The third-order valence-corrected chi connectivity index (χ3v) is 5.75. The lowest BCUT2D eigenvalue weighted by atomic mass is 10.2. The molecule has 3 heterocycles. The second-order valence-corrected chi connectivity index (χ2v) is 7.27. The summed E-state index contributed by atoms with van der Waals surface area (Å²) in [4.78, 5) is 4.34. The van der Waals surface area contributed by atoms with Gasteiger partial charge < -0.3 is 4.40 Å². The second-order valence-electron chi connectivity index (χ2n) is 4.97. The molecule has 5 heteroatoms. The monoisotopic (exact) mass is 264 g/mol. The van der Waals surface area contributed by atoms with Crippen LogP contribution >= 0.6 is 0 Å². The topological polar surface area (TPSA) is 51.4 Å². The third kappa shape index (κ3) is 1.82. The van der Waals surface area contributed by atoms with Gasteiger partial charge in [0.1, 0.15) is 11.1 Å². The van der Waals surface area contributed by atoms with E-state index in [1.165, 1.54) is 0 Å². The highest BCUT2D eigenvalue weighted by atomic mass is 32.2. The van der Waals surface area contributed by atoms with Crippen molar-refractivity contribution in [2.45, 2.75) is 31.4 Å². The smallest absolute Gasteiger partial charge is 0.160 e. The van der Waals surface area contributed by atoms with E-state index in [4.69, 9.17) is 0 Å². The molecule has 0 amide bonds. The molecule has 2 aromatic rings. The Balaban J connectivity index is 2.14. The van der Waals surface area contributed by atoms with Gasteiger partial charge in [-0.25, -0.2) is 13.4 Å². The maximum absolute atomic E-state index is 12.1. The molecule has 2 aromatic heterocycles. The second kappa shape index (κ2) is 4.09. The quantitative estimate of drug-likeness (QED) is 0.794. The number of pyridine rings is 1. The number of fused-ring (bicyclic) bond motifs is 1. The maximum atomic E-state index is 12.1. The van der Waals surface area contributed by atoms with Crippen LogP contribution < -0.4 is 0 Å². The van der Waals surface area contributed by atoms with Gasteiger partial charge in [-0.1, -0.05) is 6.42 Å². The van der Waals surface area contributed by atoms with Crippen molar-refractivity contribution in [2.75, 3.05) is 5.75 Å². The van der Waals surface area contributed by atoms with Crippen molar-refractivity contribution in [2.24, 2.45) is 0 Å². The van der Waals surface area contributed by atoms with Gasteiger partial charge in [0.2, 0.25) is 0 Å². The van der Waals surface area contributed by atoms with Crippen molar-refractivity contribution < 1.29 is 8.42 Å². The number of imidazole rings is 1. The number of hydrogen-bond donors (Lipinski definition) is 0. The lowest BCUT2D eigenvalue weighted by Gasteiger charge is -2.21. The molecule has 0 radical (unpaired) electrons. The molecular weight excluding hydrogens is 248 g/mol. The van der Waals surface area contributed by atoms with Gasteiger partial charge in [-0.05, 0) is 37.5 Å². The van der Waals surface area contributed by atoms with Gasteiger partial charge >= 0.3 is 0 Å². The lowest BCUT2D eigenvalue weighted by Crippen LogP contribution is -2.23. The summed E-state index contributed by atoms with van der Waals surface area (Å²) in [6.45, 7) is 2.02. The zero-order valence-corrected chi connectivity index (χ0v) is 11.2. The van der Waals surface area contributed by atoms with Gasteiger partial charge in [0.25, 0.3) is 0 Å². The summed E-state index contributed by atoms with van der Waals surface area (Å²) < 4.78 is 26.2. The first-order valence-electron chi connectivity index (χ1n) is 6.23. The number of hydrogen-bond acceptors (Lipinski definition) is 3. The standard InChI is InChI=1S/C13H16N2O2S/c1-10-5-6-15-11(8-10)9-14-13(15)12-4-2-3-7-18(12,16)17/h5-6,8-9,12H,2-4,7H2,1H3. The molecule has 3 rings (SSSR count). The van der Waals surface area contributed by atoms with E-state index in [2.05, 4.69) is 4.98 Å². The molecule has 1 fully saturated rings. The highest BCUT2D eigenvalue weighted by Gasteiger charge is 2.33. The van der Waals surface area contributed by atoms with Crippen LogP contribution in [0.15, 0.2) is 24.5 Å². The van der Waals surface area contributed by atoms with E-state index in [0.29, 0.717) is 18.0 Å². The van der Waals surface area contributed by atoms with Crippen LogP contribution in [0.3, 0.4) is 0 Å². The Morgan fingerprint density at radius 3 is 3.00 bits per heavy atom. The van der Waals surface area contributed by atoms with E-state index in [1.807, 2.05) is 29.7 Å². The molecule has 0 N–H and O–H groups in total. The molecule has 0 aromatic carbocycles. The molecule has 0 saturated carbocycles. The molecule has 0 spiro atoms. The molecule has 1 aliphatic heterocycles. The van der Waals surface area contributed by atoms with E-state index in [1.54, 1.807) is 6.20 Å². The minimum absolute atomic E-state index is 0.290. The summed E-state index contributed by atoms with van der Waals surface area (Å²) in [7, 11) is -3.03. The summed E-state index contributed by atoms with van der Waals surface area (Å²) in [5.41, 5.74) is 2.12. The highest BCUT2D eigenvalue weighted by molar-refractivity contribution is 7.91. The van der Waals surface area contributed by atoms with Gasteiger partial charge in [0, 0.05) is 6.20 Å². The fourth-order valence-corrected chi connectivity index (χ4v) is 4.53. The molecule has 1 saturated heterocycles. The maximum Gasteiger partial charge on any atom is 0.160 e. The third-order valence-electron chi connectivity index (χ3n) is 3.58. The predicted molar refractivity (Wildman–Crippen MR) is 70.3 cm³/mol. The van der Waals surface area contributed by atoms with Crippen LogP contribution in [0.4, 0.5) is 0 Å². The molecule has 0 bridgehead atoms. The lowest BCUT2D eigenvalue weighted by molar-refractivity contribution is 0.538. The largest absolute Gasteiger partial charge is 0.303 e. The summed E-state index contributed by atoms with van der Waals surface area (Å²) >= 11 is 0. The Morgan fingerprint density at radius 2 is 2.22 bits per heavy atom. The normalized spacial score (nSPS) is 23.3. The highest BCUT2D eigenvalue weighted by Crippen LogP contribution is 2.32. The van der Waals surface area contributed by atoms with Crippen molar-refractivity contribution >= 4 is 15.4 Å². The number of aryl methyl sites for hydroxylation is 1. The van der Waals surface area contributed by atoms with E-state index in [0.717, 1.165) is 23.9 Å². The Bertz CT molecular complexity index is 688. The van der Waals surface area contributed by atoms with Crippen molar-refractivity contribution in [3.63, 3.8) is 0 Å². The molecule has 1 atom stereocenters. The van der Waals surface area contributed by atoms with Gasteiger partial charge in [-0.2, -0.15) is 0 Å². The summed E-state index contributed by atoms with van der Waals surface area (Å²) in [6, 6.07) is 4.00. The van der Waals surface area contributed by atoms with Crippen LogP contribution in [0.25, 0.3) is 5.52 Å². The summed E-state index contributed by atoms with van der Waals surface area (Å²) in [6.07, 6.45) is 6.10. The SMILES string of the molecule is Cc1ccn2c(C3CCCCS3(=O)=O)ncc2c1. The number of aromatic nitrogens is 2. The Hall–Kier alpha value is -1.36. The van der Waals surface area contributed by atoms with Crippen LogP contribution in [0.2, 0.25) is 0 Å². The number of nitrogens with zero attached hydrogens (tertiary/aromatic N) is 2. The van der Waals surface area contributed by atoms with Crippen LogP contribution in [0, 0.1) is 6.92 Å². The molecule has 1 aliphatic rings. The van der Waals surface area contributed by atoms with Crippen molar-refractivity contribution in [3.05, 3.63) is 35.9 Å². The Morgan fingerprint density at radius 1 is 1.39 bits per heavy atom. The predicted octanol–water partition coefficient (Wildman–Crippen LogP) is 2.28. The van der Waals surface area contributed by atoms with E-state index in [9.17, 15) is 8.42 Å². The fourth-order valence-electron chi connectivity index (χ4n) is 2.61. The first kappa shape index (κ1) is 11.7. The fraction of sp³-hybridized carbons (Fsp3) is 0.462. The summed E-state index contributed by atoms with van der Waals surface area (Å²) in [5, 5.41) is -0.434.